The second-order valence-electron chi connectivity index (χ2n) is 9.78. The molecule has 0 aliphatic carbocycles. The van der Waals surface area contributed by atoms with E-state index in [1.54, 1.807) is 0 Å². The summed E-state index contributed by atoms with van der Waals surface area (Å²) in [7, 11) is 0. The highest BCUT2D eigenvalue weighted by Crippen LogP contribution is 2.32. The lowest BCUT2D eigenvalue weighted by Gasteiger charge is -2.14. The Bertz CT molecular complexity index is 1760. The maximum absolute atomic E-state index is 13.2. The van der Waals surface area contributed by atoms with E-state index in [4.69, 9.17) is 4.74 Å². The van der Waals surface area contributed by atoms with E-state index in [1.807, 2.05) is 42.5 Å². The molecule has 0 bridgehead atoms. The Morgan fingerprint density at radius 2 is 1.09 bits per heavy atom. The molecule has 0 radical (unpaired) electrons. The van der Waals surface area contributed by atoms with Crippen LogP contribution in [0.2, 0.25) is 0 Å². The summed E-state index contributed by atoms with van der Waals surface area (Å²) in [6, 6.07) is 25.1. The van der Waals surface area contributed by atoms with Gasteiger partial charge in [0.2, 0.25) is 0 Å². The highest BCUT2D eigenvalue weighted by Gasteiger charge is 2.31. The summed E-state index contributed by atoms with van der Waals surface area (Å²) in [6.07, 6.45) is -9.27. The summed E-state index contributed by atoms with van der Waals surface area (Å²) < 4.78 is 84.9. The normalized spacial score (nSPS) is 11.7. The van der Waals surface area contributed by atoms with Crippen molar-refractivity contribution in [2.75, 3.05) is 10.6 Å². The molecule has 5 aromatic rings. The number of benzene rings is 5. The summed E-state index contributed by atoms with van der Waals surface area (Å²) in [5.41, 5.74) is -1.70. The molecule has 5 rings (SSSR count). The minimum absolute atomic E-state index is 0.0399. The van der Waals surface area contributed by atoms with Gasteiger partial charge in [-0.1, -0.05) is 48.5 Å². The van der Waals surface area contributed by atoms with E-state index in [-0.39, 0.29) is 34.9 Å². The summed E-state index contributed by atoms with van der Waals surface area (Å²) in [4.78, 5) is 26.3. The average molecular weight is 609 g/mol. The zero-order valence-electron chi connectivity index (χ0n) is 22.6. The molecule has 5 aromatic carbocycles. The van der Waals surface area contributed by atoms with Crippen molar-refractivity contribution in [2.24, 2.45) is 0 Å². The van der Waals surface area contributed by atoms with Gasteiger partial charge in [0.25, 0.3) is 11.8 Å². The first kappa shape index (κ1) is 30.1. The van der Waals surface area contributed by atoms with Gasteiger partial charge in [-0.15, -0.1) is 0 Å². The Morgan fingerprint density at radius 1 is 0.568 bits per heavy atom. The van der Waals surface area contributed by atoms with Gasteiger partial charge >= 0.3 is 12.4 Å². The van der Waals surface area contributed by atoms with Crippen molar-refractivity contribution in [1.29, 1.82) is 0 Å². The van der Waals surface area contributed by atoms with Crippen LogP contribution < -0.4 is 15.4 Å². The third-order valence-corrected chi connectivity index (χ3v) is 6.55. The van der Waals surface area contributed by atoms with Crippen molar-refractivity contribution in [3.05, 3.63) is 137 Å². The lowest BCUT2D eigenvalue weighted by molar-refractivity contribution is -0.138. The Labute approximate surface area is 247 Å². The van der Waals surface area contributed by atoms with E-state index in [1.165, 1.54) is 24.3 Å². The van der Waals surface area contributed by atoms with Gasteiger partial charge in [0.15, 0.2) is 0 Å². The van der Waals surface area contributed by atoms with Gasteiger partial charge in [-0.25, -0.2) is 0 Å². The molecule has 11 heteroatoms. The fourth-order valence-electron chi connectivity index (χ4n) is 4.39. The van der Waals surface area contributed by atoms with Crippen LogP contribution in [0.5, 0.6) is 5.75 Å². The minimum Gasteiger partial charge on any atom is -0.489 e. The summed E-state index contributed by atoms with van der Waals surface area (Å²) in [5, 5.41) is 6.74. The quantitative estimate of drug-likeness (QED) is 0.181. The number of hydrogen-bond donors (Lipinski definition) is 2. The Morgan fingerprint density at radius 3 is 1.61 bits per heavy atom. The third-order valence-electron chi connectivity index (χ3n) is 6.55. The summed E-state index contributed by atoms with van der Waals surface area (Å²) >= 11 is 0. The standard InChI is InChI=1S/C33H22F6N2O3/c34-32(35,36)25-7-3-9-27(17-25)40-30(42)23-14-24(31(43)41-28-10-4-8-26(18-28)33(37,38)39)16-29(15-23)44-19-20-11-12-21-5-1-2-6-22(21)13-20/h1-18H,19H2,(H,40,42)(H,41,43). The van der Waals surface area contributed by atoms with E-state index in [0.717, 1.165) is 58.8 Å². The van der Waals surface area contributed by atoms with Gasteiger partial charge in [0.05, 0.1) is 11.1 Å². The predicted molar refractivity (Wildman–Crippen MR) is 154 cm³/mol. The fourth-order valence-corrected chi connectivity index (χ4v) is 4.39. The molecule has 0 aliphatic rings. The molecule has 0 spiro atoms. The van der Waals surface area contributed by atoms with Crippen molar-refractivity contribution in [3.8, 4) is 5.75 Å². The smallest absolute Gasteiger partial charge is 0.416 e. The number of fused-ring (bicyclic) bond motifs is 1. The zero-order valence-corrected chi connectivity index (χ0v) is 22.6. The topological polar surface area (TPSA) is 67.4 Å². The lowest BCUT2D eigenvalue weighted by atomic mass is 10.1. The number of carbonyl (C=O) groups excluding carboxylic acids is 2. The molecule has 0 atom stereocenters. The van der Waals surface area contributed by atoms with Crippen LogP contribution in [0.15, 0.2) is 109 Å². The van der Waals surface area contributed by atoms with Crippen LogP contribution in [0.3, 0.4) is 0 Å². The second-order valence-corrected chi connectivity index (χ2v) is 9.78. The number of rotatable bonds is 7. The largest absolute Gasteiger partial charge is 0.489 e. The van der Waals surface area contributed by atoms with Crippen LogP contribution in [0.25, 0.3) is 10.8 Å². The number of halogens is 6. The summed E-state index contributed by atoms with van der Waals surface area (Å²) in [5.74, 6) is -1.61. The Kier molecular flexibility index (Phi) is 8.30. The third kappa shape index (κ3) is 7.35. The first-order chi connectivity index (χ1) is 20.8. The molecular formula is C33H22F6N2O3. The molecule has 0 saturated carbocycles. The van der Waals surface area contributed by atoms with Crippen molar-refractivity contribution in [3.63, 3.8) is 0 Å². The number of anilines is 2. The van der Waals surface area contributed by atoms with E-state index in [2.05, 4.69) is 10.6 Å². The average Bonchev–Trinajstić information content (AvgIpc) is 2.99. The molecule has 2 amide bonds. The molecule has 0 heterocycles. The van der Waals surface area contributed by atoms with Gasteiger partial charge in [-0.05, 0) is 77.0 Å². The zero-order chi connectivity index (χ0) is 31.5. The molecular weight excluding hydrogens is 586 g/mol. The number of amides is 2. The van der Waals surface area contributed by atoms with Crippen LogP contribution in [0, 0.1) is 0 Å². The van der Waals surface area contributed by atoms with Crippen molar-refractivity contribution >= 4 is 34.0 Å². The highest BCUT2D eigenvalue weighted by molar-refractivity contribution is 6.09. The number of ether oxygens (including phenoxy) is 1. The molecule has 44 heavy (non-hydrogen) atoms. The maximum Gasteiger partial charge on any atom is 0.416 e. The Hall–Kier alpha value is -5.32. The molecule has 2 N–H and O–H groups in total. The minimum atomic E-state index is -4.63. The number of nitrogens with one attached hydrogen (secondary N) is 2. The summed E-state index contributed by atoms with van der Waals surface area (Å²) in [6.45, 7) is 0.0399. The van der Waals surface area contributed by atoms with Crippen LogP contribution in [0.4, 0.5) is 37.7 Å². The second kappa shape index (κ2) is 12.1. The van der Waals surface area contributed by atoms with Crippen LogP contribution in [-0.4, -0.2) is 11.8 Å². The van der Waals surface area contributed by atoms with Crippen LogP contribution in [0.1, 0.15) is 37.4 Å². The van der Waals surface area contributed by atoms with E-state index in [0.29, 0.717) is 0 Å². The Balaban J connectivity index is 1.43. The first-order valence-corrected chi connectivity index (χ1v) is 13.1. The van der Waals surface area contributed by atoms with Crippen LogP contribution in [-0.2, 0) is 19.0 Å². The fraction of sp³-hybridized carbons (Fsp3) is 0.0909. The SMILES string of the molecule is O=C(Nc1cccc(C(F)(F)F)c1)c1cc(OCc2ccc3ccccc3c2)cc(C(=O)Nc2cccc(C(F)(F)F)c2)c1. The van der Waals surface area contributed by atoms with Gasteiger partial charge in [0.1, 0.15) is 12.4 Å². The monoisotopic (exact) mass is 608 g/mol. The molecule has 0 aromatic heterocycles. The van der Waals surface area contributed by atoms with Gasteiger partial charge in [0, 0.05) is 22.5 Å². The van der Waals surface area contributed by atoms with Crippen molar-refractivity contribution in [1.82, 2.24) is 0 Å². The maximum atomic E-state index is 13.2. The van der Waals surface area contributed by atoms with Gasteiger partial charge in [-0.2, -0.15) is 26.3 Å². The van der Waals surface area contributed by atoms with E-state index in [9.17, 15) is 35.9 Å². The van der Waals surface area contributed by atoms with Gasteiger partial charge < -0.3 is 15.4 Å². The van der Waals surface area contributed by atoms with E-state index < -0.39 is 35.3 Å². The first-order valence-electron chi connectivity index (χ1n) is 13.1. The number of alkyl halides is 6. The van der Waals surface area contributed by atoms with Crippen molar-refractivity contribution < 1.29 is 40.7 Å². The highest BCUT2D eigenvalue weighted by atomic mass is 19.4. The van der Waals surface area contributed by atoms with Gasteiger partial charge in [-0.3, -0.25) is 9.59 Å². The van der Waals surface area contributed by atoms with Crippen LogP contribution >= 0.6 is 0 Å². The molecule has 0 saturated heterocycles. The van der Waals surface area contributed by atoms with E-state index >= 15 is 0 Å². The lowest BCUT2D eigenvalue weighted by Crippen LogP contribution is -2.17. The molecule has 5 nitrogen and oxygen atoms in total. The molecule has 224 valence electrons. The van der Waals surface area contributed by atoms with Crippen molar-refractivity contribution in [2.45, 2.75) is 19.0 Å². The number of carbonyl (C=O) groups is 2. The predicted octanol–water partition coefficient (Wildman–Crippen LogP) is 8.96. The molecule has 0 aliphatic heterocycles. The number of hydrogen-bond acceptors (Lipinski definition) is 3. The molecule has 0 unspecified atom stereocenters. The molecule has 0 fully saturated rings.